The van der Waals surface area contributed by atoms with Gasteiger partial charge in [0.2, 0.25) is 0 Å². The Morgan fingerprint density at radius 1 is 0.327 bits per heavy atom. The lowest BCUT2D eigenvalue weighted by Gasteiger charge is -2.28. The van der Waals surface area contributed by atoms with E-state index in [2.05, 4.69) is 205 Å². The van der Waals surface area contributed by atoms with Gasteiger partial charge < -0.3 is 4.90 Å². The van der Waals surface area contributed by atoms with Crippen LogP contribution in [0, 0.1) is 0 Å². The Hall–Kier alpha value is -6.48. The molecule has 0 saturated carbocycles. The Labute approximate surface area is 307 Å². The molecule has 0 atom stereocenters. The molecule has 1 heterocycles. The SMILES string of the molecule is c1ccc(-c2ccc(N(c3ccc(-c4ccc5c(c4)sc4c6ccccc6ccc54)cc3)c3ccc(-c4ccccc4)c4ccccc34)cc2)cc1. The molecule has 0 saturated heterocycles. The smallest absolute Gasteiger partial charge is 0.0540 e. The van der Waals surface area contributed by atoms with E-state index in [0.717, 1.165) is 17.1 Å². The summed E-state index contributed by atoms with van der Waals surface area (Å²) in [5, 5.41) is 7.72. The summed E-state index contributed by atoms with van der Waals surface area (Å²) in [5.74, 6) is 0. The van der Waals surface area contributed by atoms with Crippen molar-refractivity contribution in [1.82, 2.24) is 0 Å². The Kier molecular flexibility index (Phi) is 7.41. The molecule has 0 aliphatic carbocycles. The minimum Gasteiger partial charge on any atom is -0.310 e. The summed E-state index contributed by atoms with van der Waals surface area (Å²) in [4.78, 5) is 2.40. The van der Waals surface area contributed by atoms with Gasteiger partial charge in [0.05, 0.1) is 5.69 Å². The molecule has 0 radical (unpaired) electrons. The maximum Gasteiger partial charge on any atom is 0.0540 e. The van der Waals surface area contributed by atoms with Crippen LogP contribution in [0.3, 0.4) is 0 Å². The highest BCUT2D eigenvalue weighted by molar-refractivity contribution is 7.26. The van der Waals surface area contributed by atoms with Gasteiger partial charge in [-0.05, 0) is 85.9 Å². The Bertz CT molecular complexity index is 2870. The number of rotatable bonds is 6. The van der Waals surface area contributed by atoms with E-state index in [1.165, 1.54) is 75.1 Å². The minimum atomic E-state index is 1.11. The topological polar surface area (TPSA) is 3.24 Å². The lowest BCUT2D eigenvalue weighted by molar-refractivity contribution is 1.30. The van der Waals surface area contributed by atoms with Gasteiger partial charge in [-0.2, -0.15) is 0 Å². The molecule has 0 aliphatic rings. The van der Waals surface area contributed by atoms with Gasteiger partial charge in [0.15, 0.2) is 0 Å². The Balaban J connectivity index is 1.08. The van der Waals surface area contributed by atoms with Crippen molar-refractivity contribution in [3.63, 3.8) is 0 Å². The number of anilines is 3. The molecule has 0 aliphatic heterocycles. The quantitative estimate of drug-likeness (QED) is 0.169. The molecule has 1 nitrogen and oxygen atoms in total. The van der Waals surface area contributed by atoms with Crippen LogP contribution in [0.15, 0.2) is 200 Å². The van der Waals surface area contributed by atoms with Gasteiger partial charge in [-0.15, -0.1) is 11.3 Å². The third kappa shape index (κ3) is 5.24. The second kappa shape index (κ2) is 12.7. The zero-order valence-corrected chi connectivity index (χ0v) is 29.2. The van der Waals surface area contributed by atoms with Gasteiger partial charge in [-0.1, -0.05) is 164 Å². The van der Waals surface area contributed by atoms with Gasteiger partial charge in [-0.3, -0.25) is 0 Å². The van der Waals surface area contributed by atoms with Crippen molar-refractivity contribution in [2.45, 2.75) is 0 Å². The predicted octanol–water partition coefficient (Wildman–Crippen LogP) is 14.8. The first-order valence-electron chi connectivity index (χ1n) is 17.8. The highest BCUT2D eigenvalue weighted by Gasteiger charge is 2.18. The molecule has 10 aromatic rings. The number of hydrogen-bond acceptors (Lipinski definition) is 2. The van der Waals surface area contributed by atoms with Gasteiger partial charge in [0.1, 0.15) is 0 Å². The standard InChI is InChI=1S/C50H33NS/c1-3-11-34(12-4-1)35-19-25-40(26-20-35)51(48-32-31-42(37-13-5-2-6-14-37)44-17-9-10-18-45(44)48)41-27-21-36(22-28-41)39-24-29-46-47-30-23-38-15-7-8-16-43(38)50(47)52-49(46)33-39/h1-33H. The Morgan fingerprint density at radius 2 is 0.865 bits per heavy atom. The van der Waals surface area contributed by atoms with E-state index < -0.39 is 0 Å². The van der Waals surface area contributed by atoms with Gasteiger partial charge >= 0.3 is 0 Å². The van der Waals surface area contributed by atoms with Crippen molar-refractivity contribution >= 4 is 70.1 Å². The van der Waals surface area contributed by atoms with E-state index in [4.69, 9.17) is 0 Å². The molecular formula is C50H33NS. The first-order valence-corrected chi connectivity index (χ1v) is 18.6. The van der Waals surface area contributed by atoms with Gasteiger partial charge in [0.25, 0.3) is 0 Å². The highest BCUT2D eigenvalue weighted by Crippen LogP contribution is 2.44. The van der Waals surface area contributed by atoms with Crippen LogP contribution in [-0.4, -0.2) is 0 Å². The maximum atomic E-state index is 2.40. The lowest BCUT2D eigenvalue weighted by atomic mass is 9.96. The molecule has 10 rings (SSSR count). The zero-order valence-electron chi connectivity index (χ0n) is 28.4. The third-order valence-electron chi connectivity index (χ3n) is 10.3. The van der Waals surface area contributed by atoms with E-state index >= 15 is 0 Å². The second-order valence-electron chi connectivity index (χ2n) is 13.3. The summed E-state index contributed by atoms with van der Waals surface area (Å²) in [5.41, 5.74) is 10.7. The molecule has 9 aromatic carbocycles. The average molecular weight is 680 g/mol. The van der Waals surface area contributed by atoms with Crippen molar-refractivity contribution in [1.29, 1.82) is 0 Å². The van der Waals surface area contributed by atoms with Crippen molar-refractivity contribution in [3.05, 3.63) is 200 Å². The number of nitrogens with zero attached hydrogens (tertiary/aromatic N) is 1. The number of fused-ring (bicyclic) bond motifs is 6. The largest absolute Gasteiger partial charge is 0.310 e. The van der Waals surface area contributed by atoms with Crippen LogP contribution in [0.2, 0.25) is 0 Å². The van der Waals surface area contributed by atoms with Crippen LogP contribution < -0.4 is 4.90 Å². The average Bonchev–Trinajstić information content (AvgIpc) is 3.61. The molecule has 2 heteroatoms. The molecule has 52 heavy (non-hydrogen) atoms. The summed E-state index contributed by atoms with van der Waals surface area (Å²) in [6.07, 6.45) is 0. The van der Waals surface area contributed by atoms with Crippen LogP contribution in [0.4, 0.5) is 17.1 Å². The van der Waals surface area contributed by atoms with E-state index in [9.17, 15) is 0 Å². The molecule has 0 spiro atoms. The monoisotopic (exact) mass is 679 g/mol. The van der Waals surface area contributed by atoms with E-state index in [0.29, 0.717) is 0 Å². The van der Waals surface area contributed by atoms with Crippen molar-refractivity contribution in [2.24, 2.45) is 0 Å². The summed E-state index contributed by atoms with van der Waals surface area (Å²) in [6, 6.07) is 72.8. The summed E-state index contributed by atoms with van der Waals surface area (Å²) < 4.78 is 2.68. The molecule has 1 aromatic heterocycles. The van der Waals surface area contributed by atoms with Crippen LogP contribution in [-0.2, 0) is 0 Å². The van der Waals surface area contributed by atoms with E-state index in [1.54, 1.807) is 0 Å². The molecular weight excluding hydrogens is 647 g/mol. The van der Waals surface area contributed by atoms with E-state index in [-0.39, 0.29) is 0 Å². The highest BCUT2D eigenvalue weighted by atomic mass is 32.1. The van der Waals surface area contributed by atoms with E-state index in [1.807, 2.05) is 11.3 Å². The molecule has 244 valence electrons. The second-order valence-corrected chi connectivity index (χ2v) is 14.4. The van der Waals surface area contributed by atoms with Crippen molar-refractivity contribution in [3.8, 4) is 33.4 Å². The van der Waals surface area contributed by atoms with Crippen LogP contribution in [0.25, 0.3) is 75.1 Å². The Morgan fingerprint density at radius 3 is 1.58 bits per heavy atom. The fraction of sp³-hybridized carbons (Fsp3) is 0. The first-order chi connectivity index (χ1) is 25.8. The predicted molar refractivity (Wildman–Crippen MR) is 225 cm³/mol. The molecule has 0 bridgehead atoms. The van der Waals surface area contributed by atoms with Gasteiger partial charge in [-0.25, -0.2) is 0 Å². The molecule has 0 N–H and O–H groups in total. The zero-order chi connectivity index (χ0) is 34.4. The molecule has 0 amide bonds. The third-order valence-corrected chi connectivity index (χ3v) is 11.5. The van der Waals surface area contributed by atoms with Crippen LogP contribution in [0.5, 0.6) is 0 Å². The maximum absolute atomic E-state index is 2.40. The van der Waals surface area contributed by atoms with Crippen molar-refractivity contribution in [2.75, 3.05) is 4.90 Å². The summed E-state index contributed by atoms with van der Waals surface area (Å²) >= 11 is 1.89. The van der Waals surface area contributed by atoms with Gasteiger partial charge in [0, 0.05) is 36.9 Å². The lowest BCUT2D eigenvalue weighted by Crippen LogP contribution is -2.10. The molecule has 0 fully saturated rings. The number of benzene rings is 9. The molecule has 0 unspecified atom stereocenters. The van der Waals surface area contributed by atoms with Crippen LogP contribution >= 0.6 is 11.3 Å². The number of thiophene rings is 1. The fourth-order valence-corrected chi connectivity index (χ4v) is 8.97. The first kappa shape index (κ1) is 30.4. The number of hydrogen-bond donors (Lipinski definition) is 0. The fourth-order valence-electron chi connectivity index (χ4n) is 7.70. The van der Waals surface area contributed by atoms with Crippen LogP contribution in [0.1, 0.15) is 0 Å². The summed E-state index contributed by atoms with van der Waals surface area (Å²) in [7, 11) is 0. The minimum absolute atomic E-state index is 1.11. The van der Waals surface area contributed by atoms with Crippen molar-refractivity contribution < 1.29 is 0 Å². The summed E-state index contributed by atoms with van der Waals surface area (Å²) in [6.45, 7) is 0. The normalized spacial score (nSPS) is 11.5.